The van der Waals surface area contributed by atoms with E-state index in [1.54, 1.807) is 42.5 Å². The second-order valence-corrected chi connectivity index (χ2v) is 8.84. The normalized spacial score (nSPS) is 10.9. The van der Waals surface area contributed by atoms with Crippen molar-refractivity contribution in [3.05, 3.63) is 119 Å². The predicted octanol–water partition coefficient (Wildman–Crippen LogP) is 6.48. The van der Waals surface area contributed by atoms with Gasteiger partial charge in [0.1, 0.15) is 11.5 Å². The van der Waals surface area contributed by atoms with Crippen LogP contribution in [0.5, 0.6) is 28.7 Å². The first-order valence-corrected chi connectivity index (χ1v) is 12.7. The lowest BCUT2D eigenvalue weighted by Crippen LogP contribution is -2.25. The lowest BCUT2D eigenvalue weighted by molar-refractivity contribution is -0.117. The molecule has 4 rings (SSSR count). The molecule has 0 unspecified atom stereocenters. The van der Waals surface area contributed by atoms with Gasteiger partial charge < -0.3 is 24.3 Å². The summed E-state index contributed by atoms with van der Waals surface area (Å²) in [6.45, 7) is 0.325. The van der Waals surface area contributed by atoms with Crippen molar-refractivity contribution in [2.75, 3.05) is 21.3 Å². The fourth-order valence-corrected chi connectivity index (χ4v) is 4.08. The summed E-state index contributed by atoms with van der Waals surface area (Å²) in [5.41, 5.74) is 2.33. The van der Waals surface area contributed by atoms with Crippen LogP contribution in [0, 0.1) is 0 Å². The van der Waals surface area contributed by atoms with Gasteiger partial charge in [-0.05, 0) is 65.7 Å². The lowest BCUT2D eigenvalue weighted by atomic mass is 9.99. The Morgan fingerprint density at radius 1 is 0.725 bits per heavy atom. The molecule has 0 aliphatic rings. The molecule has 0 aliphatic heterocycles. The maximum absolute atomic E-state index is 13.3. The average Bonchev–Trinajstić information content (AvgIpc) is 3.00. The minimum absolute atomic E-state index is 0.115. The maximum atomic E-state index is 13.3. The van der Waals surface area contributed by atoms with Gasteiger partial charge in [0.05, 0.1) is 21.3 Å². The Bertz CT molecular complexity index is 1440. The Labute approximate surface area is 234 Å². The van der Waals surface area contributed by atoms with Gasteiger partial charge in [0, 0.05) is 24.1 Å². The van der Waals surface area contributed by atoms with Gasteiger partial charge in [-0.25, -0.2) is 0 Å². The Kier molecular flexibility index (Phi) is 9.56. The molecule has 0 heterocycles. The van der Waals surface area contributed by atoms with Crippen LogP contribution in [-0.2, 0) is 11.3 Å². The number of nitrogens with one attached hydrogen (secondary N) is 1. The Morgan fingerprint density at radius 2 is 1.30 bits per heavy atom. The monoisotopic (exact) mass is 537 g/mol. The molecule has 0 saturated carbocycles. The van der Waals surface area contributed by atoms with Gasteiger partial charge in [0.25, 0.3) is 0 Å². The zero-order valence-corrected chi connectivity index (χ0v) is 22.7. The number of Topliss-reactive ketones (excluding diaryl/α,β-unsaturated/α-hetero) is 1. The van der Waals surface area contributed by atoms with Crippen LogP contribution in [0.1, 0.15) is 27.9 Å². The number of hydrogen-bond donors (Lipinski definition) is 1. The molecule has 0 radical (unpaired) electrons. The average molecular weight is 538 g/mol. The molecule has 204 valence electrons. The van der Waals surface area contributed by atoms with Crippen molar-refractivity contribution in [3.63, 3.8) is 0 Å². The number of rotatable bonds is 12. The van der Waals surface area contributed by atoms with Crippen molar-refractivity contribution in [3.8, 4) is 28.7 Å². The van der Waals surface area contributed by atoms with Crippen LogP contribution in [0.2, 0.25) is 0 Å². The molecule has 4 aromatic carbocycles. The van der Waals surface area contributed by atoms with Gasteiger partial charge in [0.2, 0.25) is 11.7 Å². The first-order chi connectivity index (χ1) is 19.5. The summed E-state index contributed by atoms with van der Waals surface area (Å²) in [6.07, 6.45) is 1.55. The zero-order valence-electron chi connectivity index (χ0n) is 22.7. The maximum Gasteiger partial charge on any atom is 0.247 e. The molecular weight excluding hydrogens is 506 g/mol. The Balaban J connectivity index is 1.59. The molecule has 0 saturated heterocycles. The molecule has 1 N–H and O–H groups in total. The van der Waals surface area contributed by atoms with E-state index in [-0.39, 0.29) is 18.1 Å². The van der Waals surface area contributed by atoms with Gasteiger partial charge in [-0.2, -0.15) is 0 Å². The highest BCUT2D eigenvalue weighted by atomic mass is 16.5. The van der Waals surface area contributed by atoms with Crippen LogP contribution in [-0.4, -0.2) is 33.0 Å². The van der Waals surface area contributed by atoms with E-state index < -0.39 is 0 Å². The fourth-order valence-electron chi connectivity index (χ4n) is 4.08. The van der Waals surface area contributed by atoms with Crippen molar-refractivity contribution < 1.29 is 28.5 Å². The SMILES string of the molecule is COc1cc(/C=C(\CC(=O)c2ccc(Oc3ccccc3)cc2)C(=O)NCc2ccccc2)cc(OC)c1OC. The largest absolute Gasteiger partial charge is 0.493 e. The lowest BCUT2D eigenvalue weighted by Gasteiger charge is -2.14. The van der Waals surface area contributed by atoms with E-state index in [9.17, 15) is 9.59 Å². The topological polar surface area (TPSA) is 83.1 Å². The minimum atomic E-state index is -0.352. The predicted molar refractivity (Wildman–Crippen MR) is 154 cm³/mol. The van der Waals surface area contributed by atoms with E-state index in [1.807, 2.05) is 60.7 Å². The summed E-state index contributed by atoms with van der Waals surface area (Å²) >= 11 is 0. The van der Waals surface area contributed by atoms with Crippen LogP contribution in [0.25, 0.3) is 6.08 Å². The highest BCUT2D eigenvalue weighted by Crippen LogP contribution is 2.39. The van der Waals surface area contributed by atoms with Crippen molar-refractivity contribution >= 4 is 17.8 Å². The summed E-state index contributed by atoms with van der Waals surface area (Å²) < 4.78 is 22.2. The molecule has 0 fully saturated rings. The summed E-state index contributed by atoms with van der Waals surface area (Å²) in [7, 11) is 4.56. The summed E-state index contributed by atoms with van der Waals surface area (Å²) in [4.78, 5) is 26.6. The molecule has 7 nitrogen and oxygen atoms in total. The van der Waals surface area contributed by atoms with Crippen molar-refractivity contribution in [1.82, 2.24) is 5.32 Å². The second-order valence-electron chi connectivity index (χ2n) is 8.84. The quantitative estimate of drug-likeness (QED) is 0.165. The van der Waals surface area contributed by atoms with Crippen LogP contribution >= 0.6 is 0 Å². The molecule has 4 aromatic rings. The van der Waals surface area contributed by atoms with E-state index in [1.165, 1.54) is 21.3 Å². The van der Waals surface area contributed by atoms with Crippen LogP contribution in [0.4, 0.5) is 0 Å². The minimum Gasteiger partial charge on any atom is -0.493 e. The molecule has 0 aromatic heterocycles. The first-order valence-electron chi connectivity index (χ1n) is 12.7. The van der Waals surface area contributed by atoms with E-state index >= 15 is 0 Å². The standard InChI is InChI=1S/C33H31NO6/c1-37-30-19-24(20-31(38-2)32(30)39-3)18-26(33(36)34-22-23-10-6-4-7-11-23)21-29(35)25-14-16-28(17-15-25)40-27-12-8-5-9-13-27/h4-20H,21-22H2,1-3H3,(H,34,36)/b26-18+. The molecule has 0 bridgehead atoms. The fraction of sp³-hybridized carbons (Fsp3) is 0.152. The highest BCUT2D eigenvalue weighted by molar-refractivity contribution is 6.07. The number of ether oxygens (including phenoxy) is 4. The third kappa shape index (κ3) is 7.29. The molecular formula is C33H31NO6. The zero-order chi connectivity index (χ0) is 28.3. The molecule has 0 spiro atoms. The Morgan fingerprint density at radius 3 is 1.88 bits per heavy atom. The number of methoxy groups -OCH3 is 3. The summed E-state index contributed by atoms with van der Waals surface area (Å²) in [6, 6.07) is 29.3. The third-order valence-corrected chi connectivity index (χ3v) is 6.12. The molecule has 0 atom stereocenters. The molecule has 0 aliphatic carbocycles. The summed E-state index contributed by atoms with van der Waals surface area (Å²) in [5, 5.41) is 2.93. The summed E-state index contributed by atoms with van der Waals surface area (Å²) in [5.74, 6) is 2.07. The number of carbonyl (C=O) groups is 2. The van der Waals surface area contributed by atoms with Crippen molar-refractivity contribution in [2.24, 2.45) is 0 Å². The first kappa shape index (κ1) is 28.0. The molecule has 40 heavy (non-hydrogen) atoms. The van der Waals surface area contributed by atoms with Gasteiger partial charge in [-0.15, -0.1) is 0 Å². The van der Waals surface area contributed by atoms with Crippen LogP contribution in [0.3, 0.4) is 0 Å². The van der Waals surface area contributed by atoms with Gasteiger partial charge >= 0.3 is 0 Å². The smallest absolute Gasteiger partial charge is 0.247 e. The van der Waals surface area contributed by atoms with E-state index in [0.29, 0.717) is 52.0 Å². The number of para-hydroxylation sites is 1. The number of amides is 1. The van der Waals surface area contributed by atoms with Crippen LogP contribution in [0.15, 0.2) is 103 Å². The number of ketones is 1. The number of benzene rings is 4. The highest BCUT2D eigenvalue weighted by Gasteiger charge is 2.18. The number of carbonyl (C=O) groups excluding carboxylic acids is 2. The van der Waals surface area contributed by atoms with Gasteiger partial charge in [-0.3, -0.25) is 9.59 Å². The Hall–Kier alpha value is -5.04. The third-order valence-electron chi connectivity index (χ3n) is 6.12. The van der Waals surface area contributed by atoms with Crippen molar-refractivity contribution in [1.29, 1.82) is 0 Å². The number of hydrogen-bond acceptors (Lipinski definition) is 6. The van der Waals surface area contributed by atoms with E-state index in [4.69, 9.17) is 18.9 Å². The second kappa shape index (κ2) is 13.7. The van der Waals surface area contributed by atoms with Crippen LogP contribution < -0.4 is 24.3 Å². The molecule has 1 amide bonds. The molecule has 7 heteroatoms. The van der Waals surface area contributed by atoms with E-state index in [2.05, 4.69) is 5.32 Å². The van der Waals surface area contributed by atoms with E-state index in [0.717, 1.165) is 5.56 Å². The van der Waals surface area contributed by atoms with Crippen molar-refractivity contribution in [2.45, 2.75) is 13.0 Å². The van der Waals surface area contributed by atoms with Gasteiger partial charge in [0.15, 0.2) is 17.3 Å². The van der Waals surface area contributed by atoms with Gasteiger partial charge in [-0.1, -0.05) is 48.5 Å².